The van der Waals surface area contributed by atoms with E-state index in [0.717, 1.165) is 12.8 Å². The summed E-state index contributed by atoms with van der Waals surface area (Å²) in [5.41, 5.74) is -0.369. The van der Waals surface area contributed by atoms with Crippen molar-refractivity contribution >= 4 is 0 Å². The van der Waals surface area contributed by atoms with Gasteiger partial charge in [-0.25, -0.2) is 0 Å². The molecule has 15 heavy (non-hydrogen) atoms. The van der Waals surface area contributed by atoms with Gasteiger partial charge in [-0.15, -0.1) is 0 Å². The van der Waals surface area contributed by atoms with Gasteiger partial charge in [0.25, 0.3) is 0 Å². The lowest BCUT2D eigenvalue weighted by molar-refractivity contribution is -0.0729. The molecule has 4 atom stereocenters. The van der Waals surface area contributed by atoms with Gasteiger partial charge in [-0.05, 0) is 37.0 Å². The SMILES string of the molecule is CCCC(C)CC1(O)CC(C)CCC1C. The summed E-state index contributed by atoms with van der Waals surface area (Å²) in [6.45, 7) is 9.02. The molecule has 1 nitrogen and oxygen atoms in total. The zero-order chi connectivity index (χ0) is 11.5. The van der Waals surface area contributed by atoms with Gasteiger partial charge >= 0.3 is 0 Å². The average molecular weight is 212 g/mol. The molecule has 1 saturated carbocycles. The van der Waals surface area contributed by atoms with Gasteiger partial charge < -0.3 is 5.11 Å². The first-order valence-electron chi connectivity index (χ1n) is 6.70. The van der Waals surface area contributed by atoms with Crippen molar-refractivity contribution in [1.29, 1.82) is 0 Å². The molecule has 90 valence electrons. The number of aliphatic hydroxyl groups is 1. The molecule has 0 bridgehead atoms. The number of hydrogen-bond acceptors (Lipinski definition) is 1. The molecule has 1 heteroatoms. The van der Waals surface area contributed by atoms with Crippen LogP contribution in [0, 0.1) is 17.8 Å². The molecule has 1 N–H and O–H groups in total. The average Bonchev–Trinajstić information content (AvgIpc) is 2.12. The lowest BCUT2D eigenvalue weighted by Crippen LogP contribution is -2.43. The molecule has 0 aliphatic heterocycles. The molecule has 0 aromatic rings. The molecule has 1 rings (SSSR count). The van der Waals surface area contributed by atoms with E-state index in [1.807, 2.05) is 0 Å². The molecule has 1 fully saturated rings. The van der Waals surface area contributed by atoms with E-state index in [4.69, 9.17) is 0 Å². The highest BCUT2D eigenvalue weighted by molar-refractivity contribution is 4.91. The van der Waals surface area contributed by atoms with E-state index in [9.17, 15) is 5.11 Å². The Kier molecular flexibility index (Phi) is 4.64. The minimum atomic E-state index is -0.369. The van der Waals surface area contributed by atoms with Crippen LogP contribution in [0.3, 0.4) is 0 Å². The van der Waals surface area contributed by atoms with Crippen LogP contribution in [0.5, 0.6) is 0 Å². The summed E-state index contributed by atoms with van der Waals surface area (Å²) in [4.78, 5) is 0. The molecular formula is C14H28O. The molecule has 0 heterocycles. The van der Waals surface area contributed by atoms with E-state index in [1.165, 1.54) is 25.7 Å². The first-order chi connectivity index (χ1) is 6.98. The first-order valence-corrected chi connectivity index (χ1v) is 6.70. The fraction of sp³-hybridized carbons (Fsp3) is 1.00. The van der Waals surface area contributed by atoms with Gasteiger partial charge in [0, 0.05) is 0 Å². The maximum Gasteiger partial charge on any atom is 0.0678 e. The highest BCUT2D eigenvalue weighted by Gasteiger charge is 2.39. The molecule has 0 saturated heterocycles. The fourth-order valence-electron chi connectivity index (χ4n) is 3.19. The Bertz CT molecular complexity index is 190. The second kappa shape index (κ2) is 5.34. The molecule has 0 aromatic heterocycles. The Morgan fingerprint density at radius 2 is 2.00 bits per heavy atom. The van der Waals surface area contributed by atoms with E-state index >= 15 is 0 Å². The topological polar surface area (TPSA) is 20.2 Å². The normalized spacial score (nSPS) is 39.0. The molecule has 1 aliphatic carbocycles. The lowest BCUT2D eigenvalue weighted by atomic mass is 9.68. The van der Waals surface area contributed by atoms with Crippen LogP contribution in [-0.2, 0) is 0 Å². The Morgan fingerprint density at radius 3 is 2.60 bits per heavy atom. The predicted octanol–water partition coefficient (Wildman–Crippen LogP) is 4.00. The smallest absolute Gasteiger partial charge is 0.0678 e. The summed E-state index contributed by atoms with van der Waals surface area (Å²) >= 11 is 0. The highest BCUT2D eigenvalue weighted by atomic mass is 16.3. The molecule has 0 spiro atoms. The van der Waals surface area contributed by atoms with E-state index in [1.54, 1.807) is 0 Å². The van der Waals surface area contributed by atoms with E-state index in [-0.39, 0.29) is 5.60 Å². The van der Waals surface area contributed by atoms with Gasteiger partial charge in [-0.1, -0.05) is 47.0 Å². The maximum atomic E-state index is 10.7. The molecule has 1 aliphatic rings. The summed E-state index contributed by atoms with van der Waals surface area (Å²) in [5, 5.41) is 10.7. The Balaban J connectivity index is 2.54. The van der Waals surface area contributed by atoms with Crippen molar-refractivity contribution in [3.63, 3.8) is 0 Å². The summed E-state index contributed by atoms with van der Waals surface area (Å²) < 4.78 is 0. The molecular weight excluding hydrogens is 184 g/mol. The summed E-state index contributed by atoms with van der Waals surface area (Å²) in [5.74, 6) is 1.88. The van der Waals surface area contributed by atoms with Crippen molar-refractivity contribution < 1.29 is 5.11 Å². The summed E-state index contributed by atoms with van der Waals surface area (Å²) in [6, 6.07) is 0. The maximum absolute atomic E-state index is 10.7. The van der Waals surface area contributed by atoms with Gasteiger partial charge in [0.2, 0.25) is 0 Å². The van der Waals surface area contributed by atoms with Crippen LogP contribution >= 0.6 is 0 Å². The highest BCUT2D eigenvalue weighted by Crippen LogP contribution is 2.41. The zero-order valence-electron chi connectivity index (χ0n) is 10.9. The van der Waals surface area contributed by atoms with Crippen LogP contribution in [0.1, 0.15) is 66.2 Å². The minimum Gasteiger partial charge on any atom is -0.390 e. The van der Waals surface area contributed by atoms with Gasteiger partial charge in [0.1, 0.15) is 0 Å². The van der Waals surface area contributed by atoms with Gasteiger partial charge in [-0.3, -0.25) is 0 Å². The third kappa shape index (κ3) is 3.48. The third-order valence-corrected chi connectivity index (χ3v) is 4.20. The van der Waals surface area contributed by atoms with Gasteiger partial charge in [-0.2, -0.15) is 0 Å². The largest absolute Gasteiger partial charge is 0.390 e. The van der Waals surface area contributed by atoms with Crippen LogP contribution in [0.4, 0.5) is 0 Å². The summed E-state index contributed by atoms with van der Waals surface area (Å²) in [7, 11) is 0. The quantitative estimate of drug-likeness (QED) is 0.747. The summed E-state index contributed by atoms with van der Waals surface area (Å²) in [6.07, 6.45) is 7.02. The number of hydrogen-bond donors (Lipinski definition) is 1. The molecule has 0 radical (unpaired) electrons. The van der Waals surface area contributed by atoms with Crippen molar-refractivity contribution in [2.24, 2.45) is 17.8 Å². The first kappa shape index (κ1) is 13.0. The lowest BCUT2D eigenvalue weighted by Gasteiger charge is -2.42. The van der Waals surface area contributed by atoms with Crippen molar-refractivity contribution in [3.05, 3.63) is 0 Å². The molecule has 4 unspecified atom stereocenters. The van der Waals surface area contributed by atoms with E-state index < -0.39 is 0 Å². The van der Waals surface area contributed by atoms with Crippen molar-refractivity contribution in [3.8, 4) is 0 Å². The van der Waals surface area contributed by atoms with Crippen molar-refractivity contribution in [2.75, 3.05) is 0 Å². The van der Waals surface area contributed by atoms with Crippen LogP contribution < -0.4 is 0 Å². The van der Waals surface area contributed by atoms with Crippen LogP contribution in [0.25, 0.3) is 0 Å². The fourth-order valence-corrected chi connectivity index (χ4v) is 3.19. The standard InChI is InChI=1S/C14H28O/c1-5-6-11(2)9-14(15)10-12(3)7-8-13(14)4/h11-13,15H,5-10H2,1-4H3. The van der Waals surface area contributed by atoms with Crippen molar-refractivity contribution in [1.82, 2.24) is 0 Å². The predicted molar refractivity (Wildman–Crippen MR) is 65.8 cm³/mol. The zero-order valence-corrected chi connectivity index (χ0v) is 10.9. The Labute approximate surface area is 95.3 Å². The third-order valence-electron chi connectivity index (χ3n) is 4.20. The second-order valence-corrected chi connectivity index (χ2v) is 5.99. The molecule has 0 aromatic carbocycles. The molecule has 0 amide bonds. The van der Waals surface area contributed by atoms with Crippen LogP contribution in [0.2, 0.25) is 0 Å². The van der Waals surface area contributed by atoms with E-state index in [0.29, 0.717) is 17.8 Å². The van der Waals surface area contributed by atoms with Crippen LogP contribution in [0.15, 0.2) is 0 Å². The van der Waals surface area contributed by atoms with E-state index in [2.05, 4.69) is 27.7 Å². The minimum absolute atomic E-state index is 0.369. The van der Waals surface area contributed by atoms with Crippen molar-refractivity contribution in [2.45, 2.75) is 71.8 Å². The number of rotatable bonds is 4. The Hall–Kier alpha value is -0.0400. The monoisotopic (exact) mass is 212 g/mol. The Morgan fingerprint density at radius 1 is 1.33 bits per heavy atom. The van der Waals surface area contributed by atoms with Crippen LogP contribution in [-0.4, -0.2) is 10.7 Å². The second-order valence-electron chi connectivity index (χ2n) is 5.99. The van der Waals surface area contributed by atoms with Gasteiger partial charge in [0.05, 0.1) is 5.60 Å². The van der Waals surface area contributed by atoms with Gasteiger partial charge in [0.15, 0.2) is 0 Å².